The summed E-state index contributed by atoms with van der Waals surface area (Å²) in [5.41, 5.74) is -0.125. The molecule has 0 atom stereocenters. The third-order valence-electron chi connectivity index (χ3n) is 2.14. The molecule has 0 aliphatic carbocycles. The van der Waals surface area contributed by atoms with Gasteiger partial charge in [-0.15, -0.1) is 0 Å². The van der Waals surface area contributed by atoms with E-state index in [1.165, 1.54) is 12.1 Å². The molecule has 4 heteroatoms. The Hall–Kier alpha value is -1.45. The van der Waals surface area contributed by atoms with Gasteiger partial charge >= 0.3 is 5.97 Å². The SMILES string of the molecule is COC(=O)c1ccc(C(C)C)c(F)c1F. The Kier molecular flexibility index (Phi) is 3.39. The third-order valence-corrected chi connectivity index (χ3v) is 2.14. The minimum atomic E-state index is -1.15. The fourth-order valence-electron chi connectivity index (χ4n) is 1.28. The molecule has 0 bridgehead atoms. The summed E-state index contributed by atoms with van der Waals surface area (Å²) in [6, 6.07) is 2.63. The van der Waals surface area contributed by atoms with E-state index in [-0.39, 0.29) is 17.0 Å². The van der Waals surface area contributed by atoms with Crippen molar-refractivity contribution in [2.45, 2.75) is 19.8 Å². The van der Waals surface area contributed by atoms with E-state index in [1.807, 2.05) is 0 Å². The summed E-state index contributed by atoms with van der Waals surface area (Å²) in [5, 5.41) is 0. The smallest absolute Gasteiger partial charge is 0.340 e. The van der Waals surface area contributed by atoms with Crippen LogP contribution in [0.3, 0.4) is 0 Å². The number of methoxy groups -OCH3 is 1. The van der Waals surface area contributed by atoms with Crippen molar-refractivity contribution in [2.75, 3.05) is 7.11 Å². The molecule has 0 radical (unpaired) electrons. The molecule has 1 rings (SSSR count). The highest BCUT2D eigenvalue weighted by atomic mass is 19.2. The molecule has 0 aliphatic rings. The maximum atomic E-state index is 13.4. The quantitative estimate of drug-likeness (QED) is 0.707. The Labute approximate surface area is 86.9 Å². The van der Waals surface area contributed by atoms with E-state index in [0.29, 0.717) is 0 Å². The lowest BCUT2D eigenvalue weighted by atomic mass is 10.0. The van der Waals surface area contributed by atoms with Gasteiger partial charge in [-0.05, 0) is 17.5 Å². The van der Waals surface area contributed by atoms with Crippen molar-refractivity contribution in [3.63, 3.8) is 0 Å². The zero-order valence-electron chi connectivity index (χ0n) is 8.80. The first-order valence-electron chi connectivity index (χ1n) is 4.55. The van der Waals surface area contributed by atoms with Crippen LogP contribution in [0.25, 0.3) is 0 Å². The van der Waals surface area contributed by atoms with Gasteiger partial charge in [-0.1, -0.05) is 19.9 Å². The Morgan fingerprint density at radius 3 is 2.33 bits per heavy atom. The molecule has 0 heterocycles. The normalized spacial score (nSPS) is 10.5. The molecule has 0 aromatic heterocycles. The predicted molar refractivity (Wildman–Crippen MR) is 51.8 cm³/mol. The van der Waals surface area contributed by atoms with Crippen molar-refractivity contribution < 1.29 is 18.3 Å². The van der Waals surface area contributed by atoms with Gasteiger partial charge < -0.3 is 4.74 Å². The van der Waals surface area contributed by atoms with Crippen molar-refractivity contribution in [2.24, 2.45) is 0 Å². The lowest BCUT2D eigenvalue weighted by molar-refractivity contribution is 0.0594. The fourth-order valence-corrected chi connectivity index (χ4v) is 1.28. The minimum absolute atomic E-state index is 0.133. The topological polar surface area (TPSA) is 26.3 Å². The molecule has 0 fully saturated rings. The van der Waals surface area contributed by atoms with Crippen LogP contribution in [0.2, 0.25) is 0 Å². The molecule has 0 amide bonds. The summed E-state index contributed by atoms with van der Waals surface area (Å²) in [5.74, 6) is -3.13. The molecule has 82 valence electrons. The summed E-state index contributed by atoms with van der Waals surface area (Å²) < 4.78 is 31.1. The van der Waals surface area contributed by atoms with Crippen LogP contribution < -0.4 is 0 Å². The maximum Gasteiger partial charge on any atom is 0.340 e. The van der Waals surface area contributed by atoms with Crippen molar-refractivity contribution in [1.29, 1.82) is 0 Å². The van der Waals surface area contributed by atoms with Crippen LogP contribution in [-0.2, 0) is 4.74 Å². The van der Waals surface area contributed by atoms with Crippen LogP contribution in [0.1, 0.15) is 35.7 Å². The molecule has 1 aromatic rings. The van der Waals surface area contributed by atoms with Crippen LogP contribution >= 0.6 is 0 Å². The lowest BCUT2D eigenvalue weighted by Crippen LogP contribution is -2.08. The van der Waals surface area contributed by atoms with Gasteiger partial charge in [0, 0.05) is 0 Å². The summed E-state index contributed by atoms with van der Waals surface area (Å²) in [7, 11) is 1.12. The van der Waals surface area contributed by atoms with Gasteiger partial charge in [0.2, 0.25) is 0 Å². The van der Waals surface area contributed by atoms with Crippen molar-refractivity contribution in [3.05, 3.63) is 34.9 Å². The summed E-state index contributed by atoms with van der Waals surface area (Å²) >= 11 is 0. The van der Waals surface area contributed by atoms with Gasteiger partial charge in [0.25, 0.3) is 0 Å². The monoisotopic (exact) mass is 214 g/mol. The van der Waals surface area contributed by atoms with Crippen LogP contribution in [-0.4, -0.2) is 13.1 Å². The summed E-state index contributed by atoms with van der Waals surface area (Å²) in [4.78, 5) is 11.0. The lowest BCUT2D eigenvalue weighted by Gasteiger charge is -2.09. The number of ether oxygens (including phenoxy) is 1. The average molecular weight is 214 g/mol. The molecular weight excluding hydrogens is 202 g/mol. The van der Waals surface area contributed by atoms with Crippen LogP contribution in [0.15, 0.2) is 12.1 Å². The van der Waals surface area contributed by atoms with E-state index >= 15 is 0 Å². The van der Waals surface area contributed by atoms with Gasteiger partial charge in [0.1, 0.15) is 0 Å². The Morgan fingerprint density at radius 2 is 1.87 bits per heavy atom. The highest BCUT2D eigenvalue weighted by Crippen LogP contribution is 2.23. The molecule has 1 aromatic carbocycles. The summed E-state index contributed by atoms with van der Waals surface area (Å²) in [6.45, 7) is 3.49. The number of carbonyl (C=O) groups excluding carboxylic acids is 1. The number of esters is 1. The molecule has 0 unspecified atom stereocenters. The predicted octanol–water partition coefficient (Wildman–Crippen LogP) is 2.87. The van der Waals surface area contributed by atoms with E-state index in [4.69, 9.17) is 0 Å². The zero-order valence-corrected chi connectivity index (χ0v) is 8.80. The second-order valence-corrected chi connectivity index (χ2v) is 3.48. The number of rotatable bonds is 2. The molecule has 0 N–H and O–H groups in total. The summed E-state index contributed by atoms with van der Waals surface area (Å²) in [6.07, 6.45) is 0. The van der Waals surface area contributed by atoms with Crippen molar-refractivity contribution in [1.82, 2.24) is 0 Å². The second-order valence-electron chi connectivity index (χ2n) is 3.48. The van der Waals surface area contributed by atoms with E-state index in [9.17, 15) is 13.6 Å². The average Bonchev–Trinajstić information content (AvgIpc) is 2.20. The molecule has 2 nitrogen and oxygen atoms in total. The number of hydrogen-bond acceptors (Lipinski definition) is 2. The van der Waals surface area contributed by atoms with Gasteiger partial charge in [0.15, 0.2) is 11.6 Å². The maximum absolute atomic E-state index is 13.4. The number of hydrogen-bond donors (Lipinski definition) is 0. The minimum Gasteiger partial charge on any atom is -0.465 e. The van der Waals surface area contributed by atoms with Gasteiger partial charge in [-0.25, -0.2) is 13.6 Å². The van der Waals surface area contributed by atoms with Gasteiger partial charge in [-0.3, -0.25) is 0 Å². The first-order chi connectivity index (χ1) is 6.99. The van der Waals surface area contributed by atoms with Gasteiger partial charge in [-0.2, -0.15) is 0 Å². The zero-order chi connectivity index (χ0) is 11.6. The molecule has 0 aliphatic heterocycles. The van der Waals surface area contributed by atoms with Crippen molar-refractivity contribution in [3.8, 4) is 0 Å². The van der Waals surface area contributed by atoms with E-state index in [1.54, 1.807) is 13.8 Å². The molecule has 0 saturated carbocycles. The van der Waals surface area contributed by atoms with Crippen LogP contribution in [0.5, 0.6) is 0 Å². The van der Waals surface area contributed by atoms with E-state index in [0.717, 1.165) is 7.11 Å². The van der Waals surface area contributed by atoms with E-state index in [2.05, 4.69) is 4.74 Å². The van der Waals surface area contributed by atoms with Gasteiger partial charge in [0.05, 0.1) is 12.7 Å². The largest absolute Gasteiger partial charge is 0.465 e. The number of benzene rings is 1. The first-order valence-corrected chi connectivity index (χ1v) is 4.55. The van der Waals surface area contributed by atoms with Crippen LogP contribution in [0.4, 0.5) is 8.78 Å². The number of halogens is 2. The van der Waals surface area contributed by atoms with Crippen molar-refractivity contribution >= 4 is 5.97 Å². The highest BCUT2D eigenvalue weighted by molar-refractivity contribution is 5.89. The fraction of sp³-hybridized carbons (Fsp3) is 0.364. The second kappa shape index (κ2) is 4.38. The Morgan fingerprint density at radius 1 is 1.27 bits per heavy atom. The first kappa shape index (κ1) is 11.6. The molecular formula is C11H12F2O2. The Bertz CT molecular complexity index is 386. The molecule has 0 saturated heterocycles. The standard InChI is InChI=1S/C11H12F2O2/c1-6(2)7-4-5-8(11(14)15-3)10(13)9(7)12/h4-6H,1-3H3. The van der Waals surface area contributed by atoms with E-state index < -0.39 is 17.6 Å². The Balaban J connectivity index is 3.27. The third kappa shape index (κ3) is 2.14. The number of carbonyl (C=O) groups is 1. The van der Waals surface area contributed by atoms with Crippen LogP contribution in [0, 0.1) is 11.6 Å². The molecule has 0 spiro atoms. The highest BCUT2D eigenvalue weighted by Gasteiger charge is 2.19. The molecule has 15 heavy (non-hydrogen) atoms.